The van der Waals surface area contributed by atoms with Crippen LogP contribution >= 0.6 is 0 Å². The van der Waals surface area contributed by atoms with Gasteiger partial charge in [-0.1, -0.05) is 18.2 Å². The molecule has 1 amide bonds. The van der Waals surface area contributed by atoms with Crippen LogP contribution in [0.1, 0.15) is 25.1 Å². The highest BCUT2D eigenvalue weighted by molar-refractivity contribution is 5.77. The number of aryl methyl sites for hydroxylation is 1. The van der Waals surface area contributed by atoms with Gasteiger partial charge in [-0.2, -0.15) is 4.98 Å². The molecule has 1 aromatic heterocycles. The number of hydrogen-bond acceptors (Lipinski definition) is 6. The van der Waals surface area contributed by atoms with Crippen LogP contribution in [0.5, 0.6) is 11.6 Å². The van der Waals surface area contributed by atoms with E-state index in [1.807, 2.05) is 43.3 Å². The molecule has 7 nitrogen and oxygen atoms in total. The first-order chi connectivity index (χ1) is 13.2. The van der Waals surface area contributed by atoms with E-state index in [9.17, 15) is 4.79 Å². The van der Waals surface area contributed by atoms with Gasteiger partial charge in [0.2, 0.25) is 5.88 Å². The lowest BCUT2D eigenvalue weighted by Crippen LogP contribution is -2.32. The summed E-state index contributed by atoms with van der Waals surface area (Å²) in [6, 6.07) is 11.1. The minimum absolute atomic E-state index is 0.0181. The summed E-state index contributed by atoms with van der Waals surface area (Å²) in [5.41, 5.74) is 0. The quantitative estimate of drug-likeness (QED) is 0.719. The number of rotatable bonds is 8. The van der Waals surface area contributed by atoms with Crippen LogP contribution in [0.15, 0.2) is 36.4 Å². The number of hydrogen-bond donors (Lipinski definition) is 1. The van der Waals surface area contributed by atoms with Gasteiger partial charge in [0.25, 0.3) is 5.91 Å². The average Bonchev–Trinajstić information content (AvgIpc) is 2.71. The second-order valence-electron chi connectivity index (χ2n) is 6.46. The number of anilines is 1. The Morgan fingerprint density at radius 1 is 1.11 bits per heavy atom. The number of ether oxygens (including phenoxy) is 2. The fraction of sp³-hybridized carbons (Fsp3) is 0.450. The number of nitrogens with one attached hydrogen (secondary N) is 1. The molecule has 3 rings (SSSR count). The molecule has 1 aliphatic rings. The summed E-state index contributed by atoms with van der Waals surface area (Å²) in [7, 11) is 0. The summed E-state index contributed by atoms with van der Waals surface area (Å²) in [6.45, 7) is 4.62. The lowest BCUT2D eigenvalue weighted by molar-refractivity contribution is -0.123. The third-order valence-corrected chi connectivity index (χ3v) is 4.27. The molecule has 0 aliphatic carbocycles. The highest BCUT2D eigenvalue weighted by Gasteiger charge is 2.14. The van der Waals surface area contributed by atoms with Crippen molar-refractivity contribution < 1.29 is 14.3 Å². The van der Waals surface area contributed by atoms with Gasteiger partial charge in [-0.05, 0) is 38.3 Å². The molecule has 0 radical (unpaired) electrons. The van der Waals surface area contributed by atoms with E-state index in [-0.39, 0.29) is 12.5 Å². The minimum Gasteiger partial charge on any atom is -0.484 e. The maximum absolute atomic E-state index is 11.8. The van der Waals surface area contributed by atoms with Gasteiger partial charge in [0.05, 0.1) is 6.54 Å². The third-order valence-electron chi connectivity index (χ3n) is 4.27. The topological polar surface area (TPSA) is 76.6 Å². The van der Waals surface area contributed by atoms with Crippen LogP contribution < -0.4 is 19.7 Å². The molecule has 1 fully saturated rings. The van der Waals surface area contributed by atoms with Gasteiger partial charge in [-0.25, -0.2) is 4.98 Å². The van der Waals surface area contributed by atoms with Crippen LogP contribution in [0.3, 0.4) is 0 Å². The van der Waals surface area contributed by atoms with E-state index < -0.39 is 0 Å². The first-order valence-corrected chi connectivity index (χ1v) is 9.39. The monoisotopic (exact) mass is 370 g/mol. The molecule has 1 saturated heterocycles. The molecule has 0 atom stereocenters. The summed E-state index contributed by atoms with van der Waals surface area (Å²) in [4.78, 5) is 22.9. The van der Waals surface area contributed by atoms with Gasteiger partial charge >= 0.3 is 0 Å². The maximum Gasteiger partial charge on any atom is 0.258 e. The van der Waals surface area contributed by atoms with Gasteiger partial charge in [-0.15, -0.1) is 0 Å². The number of benzene rings is 1. The summed E-state index contributed by atoms with van der Waals surface area (Å²) in [5, 5.41) is 2.77. The van der Waals surface area contributed by atoms with Gasteiger partial charge in [0.15, 0.2) is 6.61 Å². The minimum atomic E-state index is -0.185. The van der Waals surface area contributed by atoms with Crippen LogP contribution in [0.25, 0.3) is 0 Å². The molecule has 27 heavy (non-hydrogen) atoms. The van der Waals surface area contributed by atoms with Crippen LogP contribution in [0.2, 0.25) is 0 Å². The van der Waals surface area contributed by atoms with E-state index in [2.05, 4.69) is 20.2 Å². The van der Waals surface area contributed by atoms with Crippen LogP contribution in [0, 0.1) is 6.92 Å². The predicted molar refractivity (Wildman–Crippen MR) is 103 cm³/mol. The van der Waals surface area contributed by atoms with E-state index in [0.717, 1.165) is 18.9 Å². The molecular formula is C20H26N4O3. The number of carbonyl (C=O) groups is 1. The zero-order chi connectivity index (χ0) is 18.9. The highest BCUT2D eigenvalue weighted by Crippen LogP contribution is 2.21. The van der Waals surface area contributed by atoms with Crippen molar-refractivity contribution in [2.75, 3.05) is 37.7 Å². The number of nitrogens with zero attached hydrogens (tertiary/aromatic N) is 3. The van der Waals surface area contributed by atoms with Crippen molar-refractivity contribution in [2.45, 2.75) is 26.2 Å². The first-order valence-electron chi connectivity index (χ1n) is 9.39. The molecule has 1 N–H and O–H groups in total. The Hall–Kier alpha value is -2.83. The summed E-state index contributed by atoms with van der Waals surface area (Å²) < 4.78 is 11.1. The molecule has 1 aromatic carbocycles. The van der Waals surface area contributed by atoms with Crippen molar-refractivity contribution in [2.24, 2.45) is 0 Å². The highest BCUT2D eigenvalue weighted by atomic mass is 16.5. The van der Waals surface area contributed by atoms with Crippen LogP contribution in [-0.2, 0) is 4.79 Å². The normalized spacial score (nSPS) is 13.9. The fourth-order valence-electron chi connectivity index (χ4n) is 2.95. The lowest BCUT2D eigenvalue weighted by Gasteiger charge is -2.28. The predicted octanol–water partition coefficient (Wildman–Crippen LogP) is 2.35. The van der Waals surface area contributed by atoms with Crippen LogP contribution in [0.4, 0.5) is 5.82 Å². The number of piperidine rings is 1. The van der Waals surface area contributed by atoms with E-state index in [1.54, 1.807) is 0 Å². The lowest BCUT2D eigenvalue weighted by atomic mass is 10.1. The molecule has 2 aromatic rings. The van der Waals surface area contributed by atoms with Crippen molar-refractivity contribution in [3.05, 3.63) is 42.2 Å². The largest absolute Gasteiger partial charge is 0.484 e. The zero-order valence-electron chi connectivity index (χ0n) is 15.7. The molecule has 0 saturated carbocycles. The van der Waals surface area contributed by atoms with Crippen molar-refractivity contribution in [3.63, 3.8) is 0 Å². The second-order valence-corrected chi connectivity index (χ2v) is 6.46. The van der Waals surface area contributed by atoms with Gasteiger partial charge in [0, 0.05) is 19.2 Å². The Morgan fingerprint density at radius 2 is 1.89 bits per heavy atom. The standard InChI is InChI=1S/C20H26N4O3/c1-16-22-18(24-11-6-3-7-12-24)14-20(23-16)26-13-10-21-19(25)15-27-17-8-4-2-5-9-17/h2,4-5,8-9,14H,3,6-7,10-13,15H2,1H3,(H,21,25). The third kappa shape index (κ3) is 6.13. The number of carbonyl (C=O) groups excluding carboxylic acids is 1. The molecule has 144 valence electrons. The molecule has 1 aliphatic heterocycles. The van der Waals surface area contributed by atoms with Gasteiger partial charge < -0.3 is 19.7 Å². The number of para-hydroxylation sites is 1. The Balaban J connectivity index is 1.40. The Labute approximate surface area is 159 Å². The van der Waals surface area contributed by atoms with E-state index in [1.165, 1.54) is 19.3 Å². The van der Waals surface area contributed by atoms with Gasteiger partial charge in [0.1, 0.15) is 24.0 Å². The second kappa shape index (κ2) is 9.75. The molecular weight excluding hydrogens is 344 g/mol. The van der Waals surface area contributed by atoms with E-state index in [0.29, 0.717) is 30.6 Å². The number of aromatic nitrogens is 2. The molecule has 0 bridgehead atoms. The van der Waals surface area contributed by atoms with Crippen LogP contribution in [-0.4, -0.2) is 48.7 Å². The van der Waals surface area contributed by atoms with Crippen molar-refractivity contribution in [3.8, 4) is 11.6 Å². The first kappa shape index (κ1) is 18.9. The van der Waals surface area contributed by atoms with Crippen molar-refractivity contribution in [1.29, 1.82) is 0 Å². The maximum atomic E-state index is 11.8. The Bertz CT molecular complexity index is 733. The van der Waals surface area contributed by atoms with Crippen molar-refractivity contribution in [1.82, 2.24) is 15.3 Å². The molecule has 0 spiro atoms. The SMILES string of the molecule is Cc1nc(OCCNC(=O)COc2ccccc2)cc(N2CCCCC2)n1. The van der Waals surface area contributed by atoms with Gasteiger partial charge in [-0.3, -0.25) is 4.79 Å². The summed E-state index contributed by atoms with van der Waals surface area (Å²) >= 11 is 0. The Kier molecular flexibility index (Phi) is 6.84. The summed E-state index contributed by atoms with van der Waals surface area (Å²) in [6.07, 6.45) is 3.66. The smallest absolute Gasteiger partial charge is 0.258 e. The number of amides is 1. The zero-order valence-corrected chi connectivity index (χ0v) is 15.7. The Morgan fingerprint density at radius 3 is 2.67 bits per heavy atom. The molecule has 2 heterocycles. The summed E-state index contributed by atoms with van der Waals surface area (Å²) in [5.74, 6) is 2.63. The van der Waals surface area contributed by atoms with E-state index in [4.69, 9.17) is 9.47 Å². The van der Waals surface area contributed by atoms with E-state index >= 15 is 0 Å². The van der Waals surface area contributed by atoms with Crippen molar-refractivity contribution >= 4 is 11.7 Å². The molecule has 0 unspecified atom stereocenters. The fourth-order valence-corrected chi connectivity index (χ4v) is 2.95. The average molecular weight is 370 g/mol. The molecule has 7 heteroatoms.